The van der Waals surface area contributed by atoms with Crippen molar-refractivity contribution in [2.24, 2.45) is 5.41 Å². The highest BCUT2D eigenvalue weighted by Gasteiger charge is 2.34. The van der Waals surface area contributed by atoms with Crippen molar-refractivity contribution in [1.29, 1.82) is 5.26 Å². The van der Waals surface area contributed by atoms with Gasteiger partial charge in [0.15, 0.2) is 0 Å². The summed E-state index contributed by atoms with van der Waals surface area (Å²) >= 11 is 0. The number of hydrogen-bond donors (Lipinski definition) is 4. The largest absolute Gasteiger partial charge is 0.491 e. The second kappa shape index (κ2) is 14.4. The molecule has 3 rings (SSSR count). The standard InChI is InChI=1S/C31H34N4O5/c1-31(2,17-6-5-12-28(37)35-27-11-4-3-10-26(27)33)29(23-8-7-9-25(20-23)39-19-18-36)40-30(38)34-24-15-13-22(21-32)14-16-24/h3-5,7-16,20,29,36H,6,17-19,33H2,1-2H3,(H,34,38)(H,35,37)/b12-5+/t29-/m1/s1. The Morgan fingerprint density at radius 2 is 1.82 bits per heavy atom. The number of anilines is 3. The van der Waals surface area contributed by atoms with Crippen molar-refractivity contribution >= 4 is 29.1 Å². The van der Waals surface area contributed by atoms with E-state index < -0.39 is 17.6 Å². The third-order valence-corrected chi connectivity index (χ3v) is 6.16. The third kappa shape index (κ3) is 8.89. The molecular weight excluding hydrogens is 508 g/mol. The molecule has 40 heavy (non-hydrogen) atoms. The average molecular weight is 543 g/mol. The molecule has 0 spiro atoms. The van der Waals surface area contributed by atoms with Crippen molar-refractivity contribution in [2.75, 3.05) is 29.6 Å². The normalized spacial score (nSPS) is 11.8. The Hall–Kier alpha value is -4.81. The number of nitrogens with two attached hydrogens (primary N) is 1. The molecule has 3 aromatic carbocycles. The number of hydrogen-bond acceptors (Lipinski definition) is 7. The fourth-order valence-electron chi connectivity index (χ4n) is 4.05. The van der Waals surface area contributed by atoms with Gasteiger partial charge in [0.1, 0.15) is 18.5 Å². The zero-order valence-corrected chi connectivity index (χ0v) is 22.6. The van der Waals surface area contributed by atoms with Crippen molar-refractivity contribution in [3.05, 3.63) is 96.1 Å². The van der Waals surface area contributed by atoms with Gasteiger partial charge in [-0.3, -0.25) is 10.1 Å². The van der Waals surface area contributed by atoms with Crippen LogP contribution in [-0.2, 0) is 9.53 Å². The second-order valence-corrected chi connectivity index (χ2v) is 9.75. The van der Waals surface area contributed by atoms with E-state index in [1.807, 2.05) is 26.0 Å². The Labute approximate surface area is 234 Å². The Bertz CT molecular complexity index is 1360. The SMILES string of the molecule is CC(C)(CC/C=C/C(=O)Nc1ccccc1N)[C@H](OC(=O)Nc1ccc(C#N)cc1)c1cccc(OCCO)c1. The van der Waals surface area contributed by atoms with Crippen molar-refractivity contribution in [3.63, 3.8) is 0 Å². The summed E-state index contributed by atoms with van der Waals surface area (Å²) in [5, 5.41) is 23.6. The van der Waals surface area contributed by atoms with Gasteiger partial charge in [-0.2, -0.15) is 5.26 Å². The molecule has 0 aliphatic rings. The molecule has 0 fully saturated rings. The molecule has 0 aliphatic heterocycles. The molecule has 0 saturated carbocycles. The van der Waals surface area contributed by atoms with Crippen LogP contribution in [0.2, 0.25) is 0 Å². The van der Waals surface area contributed by atoms with E-state index in [4.69, 9.17) is 25.6 Å². The van der Waals surface area contributed by atoms with Gasteiger partial charge >= 0.3 is 6.09 Å². The van der Waals surface area contributed by atoms with Crippen LogP contribution in [0.25, 0.3) is 0 Å². The molecule has 0 saturated heterocycles. The molecule has 0 bridgehead atoms. The summed E-state index contributed by atoms with van der Waals surface area (Å²) in [6.45, 7) is 3.97. The predicted octanol–water partition coefficient (Wildman–Crippen LogP) is 5.80. The fourth-order valence-corrected chi connectivity index (χ4v) is 4.05. The summed E-state index contributed by atoms with van der Waals surface area (Å²) < 4.78 is 11.5. The van der Waals surface area contributed by atoms with Crippen LogP contribution in [0.4, 0.5) is 21.9 Å². The number of carbonyl (C=O) groups is 2. The first-order chi connectivity index (χ1) is 19.2. The van der Waals surface area contributed by atoms with E-state index in [2.05, 4.69) is 10.6 Å². The van der Waals surface area contributed by atoms with E-state index >= 15 is 0 Å². The van der Waals surface area contributed by atoms with E-state index in [1.54, 1.807) is 72.8 Å². The number of benzene rings is 3. The topological polar surface area (TPSA) is 147 Å². The third-order valence-electron chi connectivity index (χ3n) is 6.16. The van der Waals surface area contributed by atoms with E-state index in [0.29, 0.717) is 41.2 Å². The van der Waals surface area contributed by atoms with Crippen LogP contribution >= 0.6 is 0 Å². The number of para-hydroxylation sites is 2. The van der Waals surface area contributed by atoms with Crippen molar-refractivity contribution in [2.45, 2.75) is 32.8 Å². The number of allylic oxidation sites excluding steroid dienone is 1. The Kier molecular flexibility index (Phi) is 10.7. The molecule has 0 unspecified atom stereocenters. The minimum absolute atomic E-state index is 0.126. The maximum atomic E-state index is 12.9. The first-order valence-corrected chi connectivity index (χ1v) is 12.9. The van der Waals surface area contributed by atoms with Crippen LogP contribution in [0, 0.1) is 16.7 Å². The van der Waals surface area contributed by atoms with Gasteiger partial charge < -0.3 is 25.6 Å². The first-order valence-electron chi connectivity index (χ1n) is 12.9. The first kappa shape index (κ1) is 29.7. The summed E-state index contributed by atoms with van der Waals surface area (Å²) in [5.74, 6) is 0.249. The van der Waals surface area contributed by atoms with E-state index in [0.717, 1.165) is 5.56 Å². The summed E-state index contributed by atoms with van der Waals surface area (Å²) in [4.78, 5) is 25.3. The second-order valence-electron chi connectivity index (χ2n) is 9.75. The van der Waals surface area contributed by atoms with Gasteiger partial charge in [-0.1, -0.05) is 44.2 Å². The zero-order chi connectivity index (χ0) is 29.0. The summed E-state index contributed by atoms with van der Waals surface area (Å²) in [5.41, 5.74) is 8.05. The van der Waals surface area contributed by atoms with Crippen LogP contribution < -0.4 is 21.1 Å². The highest BCUT2D eigenvalue weighted by atomic mass is 16.6. The highest BCUT2D eigenvalue weighted by Crippen LogP contribution is 2.41. The zero-order valence-electron chi connectivity index (χ0n) is 22.6. The van der Waals surface area contributed by atoms with Gasteiger partial charge in [-0.05, 0) is 73.0 Å². The molecule has 0 heterocycles. The lowest BCUT2D eigenvalue weighted by molar-refractivity contribution is -0.111. The average Bonchev–Trinajstić information content (AvgIpc) is 2.94. The molecule has 0 radical (unpaired) electrons. The monoisotopic (exact) mass is 542 g/mol. The van der Waals surface area contributed by atoms with Gasteiger partial charge in [0.25, 0.3) is 0 Å². The molecule has 208 valence electrons. The van der Waals surface area contributed by atoms with Crippen molar-refractivity contribution in [3.8, 4) is 11.8 Å². The fraction of sp³-hybridized carbons (Fsp3) is 0.258. The summed E-state index contributed by atoms with van der Waals surface area (Å²) in [6.07, 6.45) is 3.03. The van der Waals surface area contributed by atoms with Crippen molar-refractivity contribution in [1.82, 2.24) is 0 Å². The van der Waals surface area contributed by atoms with Crippen LogP contribution in [0.5, 0.6) is 5.75 Å². The van der Waals surface area contributed by atoms with Crippen LogP contribution in [0.1, 0.15) is 43.9 Å². The van der Waals surface area contributed by atoms with Gasteiger partial charge in [-0.25, -0.2) is 4.79 Å². The van der Waals surface area contributed by atoms with Crippen LogP contribution in [0.3, 0.4) is 0 Å². The summed E-state index contributed by atoms with van der Waals surface area (Å²) in [6, 6.07) is 22.7. The van der Waals surface area contributed by atoms with E-state index in [1.165, 1.54) is 6.08 Å². The van der Waals surface area contributed by atoms with Crippen molar-refractivity contribution < 1.29 is 24.2 Å². The van der Waals surface area contributed by atoms with E-state index in [9.17, 15) is 9.59 Å². The number of ether oxygens (including phenoxy) is 2. The predicted molar refractivity (Wildman–Crippen MR) is 155 cm³/mol. The maximum absolute atomic E-state index is 12.9. The number of nitrogens with one attached hydrogen (secondary N) is 2. The Balaban J connectivity index is 1.72. The number of nitrogen functional groups attached to an aromatic ring is 1. The Morgan fingerprint density at radius 3 is 2.52 bits per heavy atom. The number of nitriles is 1. The maximum Gasteiger partial charge on any atom is 0.412 e. The number of nitrogens with zero attached hydrogens (tertiary/aromatic N) is 1. The number of carbonyl (C=O) groups excluding carboxylic acids is 2. The molecule has 0 aliphatic carbocycles. The molecule has 2 amide bonds. The van der Waals surface area contributed by atoms with Crippen LogP contribution in [0.15, 0.2) is 84.9 Å². The molecular formula is C31H34N4O5. The minimum Gasteiger partial charge on any atom is -0.491 e. The summed E-state index contributed by atoms with van der Waals surface area (Å²) in [7, 11) is 0. The van der Waals surface area contributed by atoms with Gasteiger partial charge in [0.2, 0.25) is 5.91 Å². The molecule has 0 aromatic heterocycles. The molecule has 9 heteroatoms. The Morgan fingerprint density at radius 1 is 1.07 bits per heavy atom. The molecule has 1 atom stereocenters. The molecule has 5 N–H and O–H groups in total. The quantitative estimate of drug-likeness (QED) is 0.167. The number of amides is 2. The lowest BCUT2D eigenvalue weighted by Gasteiger charge is -2.34. The molecule has 9 nitrogen and oxygen atoms in total. The minimum atomic E-state index is -0.671. The van der Waals surface area contributed by atoms with Gasteiger partial charge in [-0.15, -0.1) is 0 Å². The smallest absolute Gasteiger partial charge is 0.412 e. The number of aliphatic hydroxyl groups is 1. The van der Waals surface area contributed by atoms with Gasteiger partial charge in [0.05, 0.1) is 29.6 Å². The van der Waals surface area contributed by atoms with E-state index in [-0.39, 0.29) is 19.1 Å². The van der Waals surface area contributed by atoms with Crippen LogP contribution in [-0.4, -0.2) is 30.3 Å². The van der Waals surface area contributed by atoms with Gasteiger partial charge in [0, 0.05) is 11.1 Å². The highest BCUT2D eigenvalue weighted by molar-refractivity contribution is 6.01. The number of rotatable bonds is 12. The number of aliphatic hydroxyl groups excluding tert-OH is 1. The lowest BCUT2D eigenvalue weighted by atomic mass is 9.78. The molecule has 3 aromatic rings. The lowest BCUT2D eigenvalue weighted by Crippen LogP contribution is -2.29.